The first-order valence-electron chi connectivity index (χ1n) is 6.18. The first kappa shape index (κ1) is 17.0. The molecule has 0 bridgehead atoms. The molecule has 0 aliphatic heterocycles. The maximum absolute atomic E-state index is 11.0. The molecule has 1 unspecified atom stereocenters. The van der Waals surface area contributed by atoms with Crippen LogP contribution in [-0.4, -0.2) is 42.7 Å². The summed E-state index contributed by atoms with van der Waals surface area (Å²) in [6.07, 6.45) is 2.74. The molecule has 6 nitrogen and oxygen atoms in total. The molecule has 1 atom stereocenters. The van der Waals surface area contributed by atoms with Crippen LogP contribution in [0.3, 0.4) is 0 Å². The van der Waals surface area contributed by atoms with E-state index in [1.165, 1.54) is 4.46 Å². The van der Waals surface area contributed by atoms with Crippen molar-refractivity contribution in [3.8, 4) is 0 Å². The number of azide groups is 1. The average molecular weight is 361 g/mol. The first-order chi connectivity index (χ1) is 9.51. The van der Waals surface area contributed by atoms with E-state index in [1.807, 2.05) is 18.2 Å². The average Bonchev–Trinajstić information content (AvgIpc) is 2.40. The second-order valence-corrected chi connectivity index (χ2v) is 8.99. The fraction of sp³-hybridized carbons (Fsp3) is 0.500. The van der Waals surface area contributed by atoms with E-state index < -0.39 is 10.0 Å². The Labute approximate surface area is 125 Å². The van der Waals surface area contributed by atoms with Crippen molar-refractivity contribution in [2.75, 3.05) is 19.3 Å². The summed E-state index contributed by atoms with van der Waals surface area (Å²) in [7, 11) is -3.12. The van der Waals surface area contributed by atoms with Crippen molar-refractivity contribution in [1.29, 1.82) is 0 Å². The Bertz CT molecular complexity index is 544. The molecule has 0 heterocycles. The van der Waals surface area contributed by atoms with Crippen molar-refractivity contribution in [1.82, 2.24) is 4.72 Å². The van der Waals surface area contributed by atoms with Gasteiger partial charge in [0.1, 0.15) is 0 Å². The van der Waals surface area contributed by atoms with Gasteiger partial charge in [0.05, 0.1) is 0 Å². The molecule has 0 radical (unpaired) electrons. The van der Waals surface area contributed by atoms with E-state index in [4.69, 9.17) is 5.53 Å². The van der Waals surface area contributed by atoms with Crippen molar-refractivity contribution in [2.45, 2.75) is 17.7 Å². The quantitative estimate of drug-likeness (QED) is 0.237. The molecule has 0 aromatic heterocycles. The molecule has 0 spiro atoms. The van der Waals surface area contributed by atoms with E-state index in [0.717, 1.165) is 19.1 Å². The Balaban J connectivity index is 2.45. The molecule has 0 amide bonds. The summed E-state index contributed by atoms with van der Waals surface area (Å²) in [4.78, 5) is 3.10. The van der Waals surface area contributed by atoms with Gasteiger partial charge in [-0.25, -0.2) is 0 Å². The Hall–Kier alpha value is -1.04. The monoisotopic (exact) mass is 362 g/mol. The number of nitrogens with zero attached hydrogens (tertiary/aromatic N) is 3. The van der Waals surface area contributed by atoms with Gasteiger partial charge in [-0.1, -0.05) is 0 Å². The van der Waals surface area contributed by atoms with Crippen molar-refractivity contribution in [3.05, 3.63) is 40.8 Å². The zero-order valence-corrected chi connectivity index (χ0v) is 13.8. The summed E-state index contributed by atoms with van der Waals surface area (Å²) in [6, 6.07) is 10.1. The molecule has 0 fully saturated rings. The summed E-state index contributed by atoms with van der Waals surface area (Å²) in [5.74, 6) is 0. The van der Waals surface area contributed by atoms with Gasteiger partial charge in [0.15, 0.2) is 0 Å². The summed E-state index contributed by atoms with van der Waals surface area (Å²) >= 11 is 0.223. The number of hydrogen-bond acceptors (Lipinski definition) is 3. The summed E-state index contributed by atoms with van der Waals surface area (Å²) in [6.45, 7) is 0.890. The number of sulfonamides is 1. The van der Waals surface area contributed by atoms with E-state index in [9.17, 15) is 8.42 Å². The van der Waals surface area contributed by atoms with E-state index in [0.29, 0.717) is 17.9 Å². The van der Waals surface area contributed by atoms with Crippen LogP contribution in [0, 0.1) is 0 Å². The number of benzene rings is 1. The molecule has 110 valence electrons. The van der Waals surface area contributed by atoms with Gasteiger partial charge in [0.25, 0.3) is 0 Å². The number of hydrogen-bond donors (Lipinski definition) is 1. The molecule has 20 heavy (non-hydrogen) atoms. The predicted molar refractivity (Wildman–Crippen MR) is 81.7 cm³/mol. The third kappa shape index (κ3) is 8.19. The van der Waals surface area contributed by atoms with Crippen molar-refractivity contribution >= 4 is 29.4 Å². The van der Waals surface area contributed by atoms with E-state index in [-0.39, 0.29) is 15.0 Å². The van der Waals surface area contributed by atoms with E-state index >= 15 is 0 Å². The van der Waals surface area contributed by atoms with Crippen LogP contribution in [0.15, 0.2) is 35.4 Å². The van der Waals surface area contributed by atoms with Crippen LogP contribution < -0.4 is 9.18 Å². The maximum atomic E-state index is 11.0. The van der Waals surface area contributed by atoms with Crippen LogP contribution in [-0.2, 0) is 10.0 Å². The SMILES string of the molecule is CS(=O)(=O)NCCCC(CN=[N+]=[N-])[Se]c1ccccc1. The van der Waals surface area contributed by atoms with Crippen LogP contribution in [0.5, 0.6) is 0 Å². The zero-order valence-electron chi connectivity index (χ0n) is 11.3. The zero-order chi connectivity index (χ0) is 14.8. The molecular formula is C12H18N4O2SSe. The molecule has 1 rings (SSSR count). The van der Waals surface area contributed by atoms with Crippen LogP contribution in [0.4, 0.5) is 0 Å². The van der Waals surface area contributed by atoms with Gasteiger partial charge < -0.3 is 0 Å². The summed E-state index contributed by atoms with van der Waals surface area (Å²) < 4.78 is 25.7. The molecule has 0 saturated carbocycles. The summed E-state index contributed by atoms with van der Waals surface area (Å²) in [5, 5.41) is 3.65. The fourth-order valence-corrected chi connectivity index (χ4v) is 4.47. The van der Waals surface area contributed by atoms with Crippen LogP contribution in [0.25, 0.3) is 10.4 Å². The van der Waals surface area contributed by atoms with Crippen LogP contribution >= 0.6 is 0 Å². The Kier molecular flexibility index (Phi) is 7.65. The summed E-state index contributed by atoms with van der Waals surface area (Å²) in [5.41, 5.74) is 8.43. The molecule has 8 heteroatoms. The molecule has 1 N–H and O–H groups in total. The Morgan fingerprint density at radius 1 is 1.40 bits per heavy atom. The van der Waals surface area contributed by atoms with Gasteiger partial charge in [-0.15, -0.1) is 0 Å². The van der Waals surface area contributed by atoms with E-state index in [2.05, 4.69) is 26.9 Å². The second kappa shape index (κ2) is 9.00. The van der Waals surface area contributed by atoms with Gasteiger partial charge >= 0.3 is 125 Å². The second-order valence-electron chi connectivity index (χ2n) is 4.28. The standard InChI is InChI=1S/C12H18N4O2SSe/c1-19(17,18)15-9-5-8-12(10-14-16-13)20-11-6-3-2-4-7-11/h2-4,6-7,12,15H,5,8-10H2,1H3. The van der Waals surface area contributed by atoms with Gasteiger partial charge in [0, 0.05) is 0 Å². The Morgan fingerprint density at radius 3 is 2.70 bits per heavy atom. The third-order valence-electron chi connectivity index (χ3n) is 2.46. The molecule has 0 aliphatic rings. The molecule has 1 aromatic carbocycles. The third-order valence-corrected chi connectivity index (χ3v) is 5.84. The van der Waals surface area contributed by atoms with E-state index in [1.54, 1.807) is 0 Å². The molecule has 0 aliphatic carbocycles. The molecule has 1 aromatic rings. The van der Waals surface area contributed by atoms with Crippen molar-refractivity contribution in [2.24, 2.45) is 5.11 Å². The number of rotatable bonds is 9. The Morgan fingerprint density at radius 2 is 2.10 bits per heavy atom. The number of nitrogens with one attached hydrogen (secondary N) is 1. The van der Waals surface area contributed by atoms with Crippen molar-refractivity contribution < 1.29 is 8.42 Å². The van der Waals surface area contributed by atoms with Gasteiger partial charge in [0.2, 0.25) is 0 Å². The van der Waals surface area contributed by atoms with Crippen molar-refractivity contribution in [3.63, 3.8) is 0 Å². The first-order valence-corrected chi connectivity index (χ1v) is 9.92. The van der Waals surface area contributed by atoms with Gasteiger partial charge in [-0.3, -0.25) is 0 Å². The van der Waals surface area contributed by atoms with Crippen LogP contribution in [0.1, 0.15) is 12.8 Å². The minimum atomic E-state index is -3.12. The normalized spacial score (nSPS) is 12.7. The van der Waals surface area contributed by atoms with Crippen LogP contribution in [0.2, 0.25) is 4.82 Å². The molecular weight excluding hydrogens is 343 g/mol. The minimum absolute atomic E-state index is 0.223. The molecule has 0 saturated heterocycles. The predicted octanol–water partition coefficient (Wildman–Crippen LogP) is 1.44. The topological polar surface area (TPSA) is 94.9 Å². The fourth-order valence-electron chi connectivity index (χ4n) is 1.59. The van der Waals surface area contributed by atoms with Gasteiger partial charge in [-0.05, 0) is 0 Å². The van der Waals surface area contributed by atoms with Gasteiger partial charge in [-0.2, -0.15) is 0 Å².